The monoisotopic (exact) mass is 289 g/mol. The van der Waals surface area contributed by atoms with Crippen molar-refractivity contribution >= 4 is 34.9 Å². The lowest BCUT2D eigenvalue weighted by Crippen LogP contribution is -2.21. The van der Waals surface area contributed by atoms with Crippen LogP contribution in [0.25, 0.3) is 16.7 Å². The topological polar surface area (TPSA) is 50.7 Å². The van der Waals surface area contributed by atoms with E-state index in [1.165, 1.54) is 4.57 Å². The number of rotatable bonds is 1. The number of H-pyrrole nitrogens is 1. The Morgan fingerprint density at radius 2 is 1.95 bits per heavy atom. The highest BCUT2D eigenvalue weighted by atomic mass is 35.5. The number of nitrogens with zero attached hydrogens (tertiary/aromatic N) is 2. The second-order valence-electron chi connectivity index (χ2n) is 3.95. The lowest BCUT2D eigenvalue weighted by molar-refractivity contribution is 0.933. The fraction of sp³-hybridized carbons (Fsp3) is 0. The summed E-state index contributed by atoms with van der Waals surface area (Å²) in [4.78, 5) is 19.5. The number of halogens is 1. The van der Waals surface area contributed by atoms with Gasteiger partial charge in [0.2, 0.25) is 0 Å². The smallest absolute Gasteiger partial charge is 0.285 e. The molecule has 0 aliphatic carbocycles. The zero-order chi connectivity index (χ0) is 13.4. The van der Waals surface area contributed by atoms with E-state index in [1.54, 1.807) is 42.6 Å². The zero-order valence-corrected chi connectivity index (χ0v) is 11.2. The summed E-state index contributed by atoms with van der Waals surface area (Å²) in [7, 11) is 0. The molecule has 3 aromatic rings. The Morgan fingerprint density at radius 1 is 1.21 bits per heavy atom. The predicted molar refractivity (Wildman–Crippen MR) is 77.5 cm³/mol. The van der Waals surface area contributed by atoms with Gasteiger partial charge in [-0.2, -0.15) is 0 Å². The summed E-state index contributed by atoms with van der Waals surface area (Å²) in [5, 5.41) is 0.602. The first-order valence-electron chi connectivity index (χ1n) is 5.53. The van der Waals surface area contributed by atoms with Gasteiger partial charge in [-0.1, -0.05) is 11.6 Å². The molecule has 0 aliphatic heterocycles. The van der Waals surface area contributed by atoms with E-state index in [-0.39, 0.29) is 5.56 Å². The van der Waals surface area contributed by atoms with Gasteiger partial charge in [0.25, 0.3) is 5.56 Å². The van der Waals surface area contributed by atoms with Crippen LogP contribution in [0.5, 0.6) is 0 Å². The number of hydrogen-bond donors (Lipinski definition) is 1. The molecular formula is C13H8ClN3OS. The first-order chi connectivity index (χ1) is 9.16. The molecule has 4 nitrogen and oxygen atoms in total. The number of aromatic nitrogens is 3. The van der Waals surface area contributed by atoms with Crippen LogP contribution < -0.4 is 5.56 Å². The molecule has 0 unspecified atom stereocenters. The van der Waals surface area contributed by atoms with Crippen LogP contribution in [-0.4, -0.2) is 14.5 Å². The van der Waals surface area contributed by atoms with Crippen LogP contribution in [0.1, 0.15) is 0 Å². The molecule has 0 fully saturated rings. The first-order valence-corrected chi connectivity index (χ1v) is 6.31. The largest absolute Gasteiger partial charge is 0.330 e. The fourth-order valence-corrected chi connectivity index (χ4v) is 2.29. The number of benzene rings is 1. The van der Waals surface area contributed by atoms with Crippen LogP contribution in [0.3, 0.4) is 0 Å². The lowest BCUT2D eigenvalue weighted by Gasteiger charge is -2.07. The van der Waals surface area contributed by atoms with Crippen molar-refractivity contribution in [2.45, 2.75) is 0 Å². The van der Waals surface area contributed by atoms with Gasteiger partial charge in [0.15, 0.2) is 10.3 Å². The molecule has 0 radical (unpaired) electrons. The molecule has 94 valence electrons. The first kappa shape index (κ1) is 12.1. The summed E-state index contributed by atoms with van der Waals surface area (Å²) >= 11 is 11.1. The van der Waals surface area contributed by atoms with Crippen molar-refractivity contribution < 1.29 is 0 Å². The molecule has 3 rings (SSSR count). The minimum atomic E-state index is -0.248. The van der Waals surface area contributed by atoms with Crippen molar-refractivity contribution in [1.29, 1.82) is 0 Å². The Kier molecular flexibility index (Phi) is 2.93. The molecule has 2 heterocycles. The average Bonchev–Trinajstić information content (AvgIpc) is 2.41. The van der Waals surface area contributed by atoms with Crippen LogP contribution in [-0.2, 0) is 0 Å². The van der Waals surface area contributed by atoms with Gasteiger partial charge < -0.3 is 4.98 Å². The van der Waals surface area contributed by atoms with Crippen LogP contribution >= 0.6 is 23.8 Å². The van der Waals surface area contributed by atoms with Gasteiger partial charge in [-0.05, 0) is 48.6 Å². The third-order valence-electron chi connectivity index (χ3n) is 2.74. The Bertz CT molecular complexity index is 867. The summed E-state index contributed by atoms with van der Waals surface area (Å²) in [6.45, 7) is 0. The molecule has 0 bridgehead atoms. The minimum Gasteiger partial charge on any atom is -0.330 e. The van der Waals surface area contributed by atoms with E-state index in [0.29, 0.717) is 26.5 Å². The highest BCUT2D eigenvalue weighted by Gasteiger charge is 2.07. The second kappa shape index (κ2) is 4.60. The molecule has 1 aromatic carbocycles. The predicted octanol–water partition coefficient (Wildman–Crippen LogP) is 3.10. The summed E-state index contributed by atoms with van der Waals surface area (Å²) in [6.07, 6.45) is 1.58. The minimum absolute atomic E-state index is 0.248. The molecule has 0 saturated carbocycles. The number of hydrogen-bond acceptors (Lipinski definition) is 3. The van der Waals surface area contributed by atoms with Crippen LogP contribution in [0.4, 0.5) is 0 Å². The molecule has 19 heavy (non-hydrogen) atoms. The van der Waals surface area contributed by atoms with E-state index in [0.717, 1.165) is 0 Å². The molecule has 2 aromatic heterocycles. The van der Waals surface area contributed by atoms with Gasteiger partial charge in [0.1, 0.15) is 0 Å². The number of nitrogens with one attached hydrogen (secondary N) is 1. The number of fused-ring (bicyclic) bond motifs is 1. The summed E-state index contributed by atoms with van der Waals surface area (Å²) in [5.41, 5.74) is 1.39. The molecule has 0 saturated heterocycles. The van der Waals surface area contributed by atoms with E-state index in [2.05, 4.69) is 9.97 Å². The third-order valence-corrected chi connectivity index (χ3v) is 3.28. The second-order valence-corrected chi connectivity index (χ2v) is 4.77. The van der Waals surface area contributed by atoms with Crippen LogP contribution in [0.2, 0.25) is 5.02 Å². The fourth-order valence-electron chi connectivity index (χ4n) is 1.87. The Labute approximate surface area is 118 Å². The summed E-state index contributed by atoms with van der Waals surface area (Å²) in [5.74, 6) is 0. The van der Waals surface area contributed by atoms with Crippen molar-refractivity contribution in [2.75, 3.05) is 0 Å². The molecule has 0 spiro atoms. The van der Waals surface area contributed by atoms with Gasteiger partial charge in [-0.15, -0.1) is 0 Å². The van der Waals surface area contributed by atoms with Gasteiger partial charge in [0, 0.05) is 11.2 Å². The number of pyridine rings is 1. The van der Waals surface area contributed by atoms with E-state index in [4.69, 9.17) is 23.8 Å². The highest BCUT2D eigenvalue weighted by molar-refractivity contribution is 7.71. The maximum Gasteiger partial charge on any atom is 0.285 e. The van der Waals surface area contributed by atoms with Crippen molar-refractivity contribution in [3.63, 3.8) is 0 Å². The van der Waals surface area contributed by atoms with Crippen molar-refractivity contribution in [3.8, 4) is 5.69 Å². The van der Waals surface area contributed by atoms with Crippen molar-refractivity contribution in [1.82, 2.24) is 14.5 Å². The van der Waals surface area contributed by atoms with Gasteiger partial charge in [0.05, 0.1) is 11.2 Å². The highest BCUT2D eigenvalue weighted by Crippen LogP contribution is 2.13. The van der Waals surface area contributed by atoms with Gasteiger partial charge in [-0.3, -0.25) is 9.36 Å². The molecule has 0 amide bonds. The Balaban J connectivity index is 2.39. The maximum absolute atomic E-state index is 12.4. The van der Waals surface area contributed by atoms with Crippen molar-refractivity contribution in [3.05, 3.63) is 62.7 Å². The van der Waals surface area contributed by atoms with Crippen LogP contribution in [0, 0.1) is 4.77 Å². The maximum atomic E-state index is 12.4. The lowest BCUT2D eigenvalue weighted by atomic mass is 10.3. The molecule has 0 aliphatic rings. The normalized spacial score (nSPS) is 10.8. The van der Waals surface area contributed by atoms with E-state index in [9.17, 15) is 4.79 Å². The van der Waals surface area contributed by atoms with Gasteiger partial charge in [-0.25, -0.2) is 4.98 Å². The average molecular weight is 290 g/mol. The molecule has 6 heteroatoms. The quantitative estimate of drug-likeness (QED) is 0.700. The van der Waals surface area contributed by atoms with Gasteiger partial charge >= 0.3 is 0 Å². The SMILES string of the molecule is O=c1c2ncccc2[nH]c(=S)n1-c1ccc(Cl)cc1. The Morgan fingerprint density at radius 3 is 2.68 bits per heavy atom. The molecule has 1 N–H and O–H groups in total. The summed E-state index contributed by atoms with van der Waals surface area (Å²) < 4.78 is 1.73. The van der Waals surface area contributed by atoms with E-state index in [1.807, 2.05) is 0 Å². The van der Waals surface area contributed by atoms with Crippen molar-refractivity contribution in [2.24, 2.45) is 0 Å². The zero-order valence-electron chi connectivity index (χ0n) is 9.63. The molecular weight excluding hydrogens is 282 g/mol. The molecule has 0 atom stereocenters. The standard InChI is InChI=1S/C13H8ClN3OS/c14-8-3-5-9(6-4-8)17-12(18)11-10(16-13(17)19)2-1-7-15-11/h1-7H,(H,16,19). The number of aromatic amines is 1. The summed E-state index contributed by atoms with van der Waals surface area (Å²) in [6, 6.07) is 10.4. The van der Waals surface area contributed by atoms with E-state index >= 15 is 0 Å². The van der Waals surface area contributed by atoms with Crippen LogP contribution in [0.15, 0.2) is 47.4 Å². The third kappa shape index (κ3) is 2.07. The Hall–Kier alpha value is -1.98. The van der Waals surface area contributed by atoms with E-state index < -0.39 is 0 Å².